The van der Waals surface area contributed by atoms with Crippen LogP contribution in [0.25, 0.3) is 0 Å². The first-order valence-electron chi connectivity index (χ1n) is 9.15. The normalized spacial score (nSPS) is 26.3. The van der Waals surface area contributed by atoms with E-state index in [0.717, 1.165) is 17.7 Å². The Morgan fingerprint density at radius 1 is 1.19 bits per heavy atom. The van der Waals surface area contributed by atoms with E-state index in [1.165, 1.54) is 0 Å². The predicted octanol–water partition coefficient (Wildman–Crippen LogP) is 1.18. The van der Waals surface area contributed by atoms with Gasteiger partial charge in [0.2, 0.25) is 0 Å². The van der Waals surface area contributed by atoms with Crippen LogP contribution in [0.15, 0.2) is 24.3 Å². The van der Waals surface area contributed by atoms with Gasteiger partial charge < -0.3 is 15.3 Å². The highest BCUT2D eigenvalue weighted by Gasteiger charge is 2.55. The number of imide groups is 1. The second-order valence-electron chi connectivity index (χ2n) is 7.47. The van der Waals surface area contributed by atoms with Crippen molar-refractivity contribution in [2.75, 3.05) is 26.2 Å². The summed E-state index contributed by atoms with van der Waals surface area (Å²) >= 11 is 0. The molecule has 3 aliphatic rings. The SMILES string of the molecule is O=C(NCCN1C(=O)c2ccccc2C1=O)N1C[C@@H]2CCC[C@@]2(C(=O)O)C1. The van der Waals surface area contributed by atoms with Gasteiger partial charge >= 0.3 is 12.0 Å². The molecule has 2 atom stereocenters. The summed E-state index contributed by atoms with van der Waals surface area (Å²) < 4.78 is 0. The quantitative estimate of drug-likeness (QED) is 0.773. The maximum absolute atomic E-state index is 12.4. The Bertz CT molecular complexity index is 803. The number of benzene rings is 1. The summed E-state index contributed by atoms with van der Waals surface area (Å²) in [6, 6.07) is 6.29. The summed E-state index contributed by atoms with van der Waals surface area (Å²) in [5.41, 5.74) is -0.0611. The molecule has 2 aliphatic heterocycles. The molecule has 8 heteroatoms. The average molecular weight is 371 g/mol. The van der Waals surface area contributed by atoms with Crippen LogP contribution in [0.1, 0.15) is 40.0 Å². The van der Waals surface area contributed by atoms with Crippen LogP contribution in [0, 0.1) is 11.3 Å². The molecule has 1 saturated carbocycles. The minimum Gasteiger partial charge on any atom is -0.481 e. The van der Waals surface area contributed by atoms with Gasteiger partial charge in [0.05, 0.1) is 16.5 Å². The topological polar surface area (TPSA) is 107 Å². The van der Waals surface area contributed by atoms with E-state index in [9.17, 15) is 24.3 Å². The van der Waals surface area contributed by atoms with Crippen molar-refractivity contribution in [3.63, 3.8) is 0 Å². The molecule has 27 heavy (non-hydrogen) atoms. The molecular weight excluding hydrogens is 350 g/mol. The number of aliphatic carboxylic acids is 1. The summed E-state index contributed by atoms with van der Waals surface area (Å²) in [5.74, 6) is -1.54. The molecule has 2 heterocycles. The molecule has 1 aromatic rings. The number of nitrogens with one attached hydrogen (secondary N) is 1. The van der Waals surface area contributed by atoms with Crippen molar-refractivity contribution in [2.24, 2.45) is 11.3 Å². The molecule has 0 unspecified atom stereocenters. The Kier molecular flexibility index (Phi) is 4.13. The Hall–Kier alpha value is -2.90. The van der Waals surface area contributed by atoms with E-state index in [2.05, 4.69) is 5.32 Å². The Balaban J connectivity index is 1.33. The van der Waals surface area contributed by atoms with Crippen LogP contribution in [-0.4, -0.2) is 64.9 Å². The van der Waals surface area contributed by atoms with Gasteiger partial charge in [-0.1, -0.05) is 18.6 Å². The van der Waals surface area contributed by atoms with Crippen molar-refractivity contribution in [2.45, 2.75) is 19.3 Å². The number of hydrogen-bond donors (Lipinski definition) is 2. The van der Waals surface area contributed by atoms with Crippen molar-refractivity contribution in [3.8, 4) is 0 Å². The molecule has 1 aromatic carbocycles. The third-order valence-corrected chi connectivity index (χ3v) is 6.07. The molecule has 0 bridgehead atoms. The van der Waals surface area contributed by atoms with E-state index in [0.29, 0.717) is 24.1 Å². The number of amides is 4. The van der Waals surface area contributed by atoms with E-state index in [1.807, 2.05) is 0 Å². The molecule has 0 spiro atoms. The summed E-state index contributed by atoms with van der Waals surface area (Å²) in [4.78, 5) is 51.4. The van der Waals surface area contributed by atoms with Gasteiger partial charge in [0.15, 0.2) is 0 Å². The molecule has 2 fully saturated rings. The highest BCUT2D eigenvalue weighted by molar-refractivity contribution is 6.21. The molecule has 0 aromatic heterocycles. The maximum atomic E-state index is 12.4. The number of urea groups is 1. The molecule has 142 valence electrons. The Morgan fingerprint density at radius 3 is 2.44 bits per heavy atom. The van der Waals surface area contributed by atoms with Crippen LogP contribution >= 0.6 is 0 Å². The van der Waals surface area contributed by atoms with Crippen molar-refractivity contribution in [1.29, 1.82) is 0 Å². The van der Waals surface area contributed by atoms with E-state index >= 15 is 0 Å². The van der Waals surface area contributed by atoms with Gasteiger partial charge in [0.25, 0.3) is 11.8 Å². The summed E-state index contributed by atoms with van der Waals surface area (Å²) in [5, 5.41) is 12.3. The second kappa shape index (κ2) is 6.37. The van der Waals surface area contributed by atoms with Gasteiger partial charge in [-0.05, 0) is 30.9 Å². The van der Waals surface area contributed by atoms with Crippen LogP contribution in [0.4, 0.5) is 4.79 Å². The van der Waals surface area contributed by atoms with E-state index in [1.54, 1.807) is 29.2 Å². The number of carboxylic acids is 1. The Labute approximate surface area is 156 Å². The number of carboxylic acid groups (broad SMARTS) is 1. The minimum atomic E-state index is -0.827. The van der Waals surface area contributed by atoms with E-state index < -0.39 is 11.4 Å². The molecule has 1 aliphatic carbocycles. The minimum absolute atomic E-state index is 0.00279. The first kappa shape index (κ1) is 17.5. The van der Waals surface area contributed by atoms with Crippen LogP contribution in [0.2, 0.25) is 0 Å². The fraction of sp³-hybridized carbons (Fsp3) is 0.474. The lowest BCUT2D eigenvalue weighted by Crippen LogP contribution is -2.44. The van der Waals surface area contributed by atoms with Gasteiger partial charge in [0.1, 0.15) is 0 Å². The first-order valence-corrected chi connectivity index (χ1v) is 9.15. The highest BCUT2D eigenvalue weighted by Crippen LogP contribution is 2.48. The van der Waals surface area contributed by atoms with Gasteiger partial charge in [0, 0.05) is 26.2 Å². The van der Waals surface area contributed by atoms with Crippen LogP contribution in [-0.2, 0) is 4.79 Å². The zero-order chi connectivity index (χ0) is 19.2. The molecule has 8 nitrogen and oxygen atoms in total. The van der Waals surface area contributed by atoms with Crippen molar-refractivity contribution >= 4 is 23.8 Å². The number of hydrogen-bond acceptors (Lipinski definition) is 4. The largest absolute Gasteiger partial charge is 0.481 e. The average Bonchev–Trinajstić information content (AvgIpc) is 3.28. The fourth-order valence-electron chi connectivity index (χ4n) is 4.62. The number of likely N-dealkylation sites (tertiary alicyclic amines) is 1. The van der Waals surface area contributed by atoms with Gasteiger partial charge in [-0.25, -0.2) is 4.79 Å². The lowest BCUT2D eigenvalue weighted by molar-refractivity contribution is -0.149. The predicted molar refractivity (Wildman–Crippen MR) is 94.2 cm³/mol. The Morgan fingerprint density at radius 2 is 1.85 bits per heavy atom. The van der Waals surface area contributed by atoms with Crippen LogP contribution in [0.5, 0.6) is 0 Å². The number of nitrogens with zero attached hydrogens (tertiary/aromatic N) is 2. The van der Waals surface area contributed by atoms with Crippen molar-refractivity contribution < 1.29 is 24.3 Å². The van der Waals surface area contributed by atoms with Crippen molar-refractivity contribution in [1.82, 2.24) is 15.1 Å². The van der Waals surface area contributed by atoms with Gasteiger partial charge in [-0.3, -0.25) is 19.3 Å². The fourth-order valence-corrected chi connectivity index (χ4v) is 4.62. The van der Waals surface area contributed by atoms with E-state index in [-0.39, 0.29) is 43.4 Å². The number of carbonyl (C=O) groups is 4. The third-order valence-electron chi connectivity index (χ3n) is 6.07. The third kappa shape index (κ3) is 2.67. The zero-order valence-electron chi connectivity index (χ0n) is 14.8. The second-order valence-corrected chi connectivity index (χ2v) is 7.47. The molecule has 2 N–H and O–H groups in total. The standard InChI is InChI=1S/C19H21N3O5/c23-15-13-5-1-2-6-14(13)16(24)22(15)9-8-20-18(27)21-10-12-4-3-7-19(12,11-21)17(25)26/h1-2,5-6,12H,3-4,7-11H2,(H,20,27)(H,25,26)/t12-,19+/m0/s1. The maximum Gasteiger partial charge on any atom is 0.317 e. The zero-order valence-corrected chi connectivity index (χ0v) is 14.8. The highest BCUT2D eigenvalue weighted by atomic mass is 16.4. The molecule has 1 saturated heterocycles. The molecule has 4 rings (SSSR count). The lowest BCUT2D eigenvalue weighted by atomic mass is 9.81. The smallest absolute Gasteiger partial charge is 0.317 e. The number of rotatable bonds is 4. The molecule has 4 amide bonds. The summed E-state index contributed by atoms with van der Waals surface area (Å²) in [7, 11) is 0. The van der Waals surface area contributed by atoms with Crippen LogP contribution < -0.4 is 5.32 Å². The monoisotopic (exact) mass is 371 g/mol. The summed E-state index contributed by atoms with van der Waals surface area (Å²) in [6.45, 7) is 0.863. The van der Waals surface area contributed by atoms with Crippen molar-refractivity contribution in [3.05, 3.63) is 35.4 Å². The first-order chi connectivity index (χ1) is 12.9. The number of carbonyl (C=O) groups excluding carboxylic acids is 3. The summed E-state index contributed by atoms with van der Waals surface area (Å²) in [6.07, 6.45) is 2.31. The number of fused-ring (bicyclic) bond motifs is 2. The van der Waals surface area contributed by atoms with Gasteiger partial charge in [-0.2, -0.15) is 0 Å². The van der Waals surface area contributed by atoms with Crippen LogP contribution in [0.3, 0.4) is 0 Å². The van der Waals surface area contributed by atoms with E-state index in [4.69, 9.17) is 0 Å². The molecule has 0 radical (unpaired) electrons. The molecular formula is C19H21N3O5. The van der Waals surface area contributed by atoms with Gasteiger partial charge in [-0.15, -0.1) is 0 Å². The lowest BCUT2D eigenvalue weighted by Gasteiger charge is -2.23.